The minimum atomic E-state index is 0.992. The van der Waals surface area contributed by atoms with Gasteiger partial charge in [0.2, 0.25) is 0 Å². The SMILES string of the molecule is C1=CCC(c2c(-c3ccccc3)ccc3c2[cH-]c2cccc(-c4ccccc4)c23)=C1.[Zr]=[C](c1ccccc1)c1ccccc1. The van der Waals surface area contributed by atoms with Crippen LogP contribution in [-0.2, 0) is 24.2 Å². The first-order chi connectivity index (χ1) is 21.8. The molecule has 0 fully saturated rings. The van der Waals surface area contributed by atoms with Gasteiger partial charge in [-0.05, 0) is 23.1 Å². The number of allylic oxidation sites excluding steroid dienone is 4. The summed E-state index contributed by atoms with van der Waals surface area (Å²) in [5.74, 6) is 0. The maximum atomic E-state index is 2.39. The molecule has 0 amide bonds. The van der Waals surface area contributed by atoms with Crippen molar-refractivity contribution in [3.8, 4) is 22.3 Å². The van der Waals surface area contributed by atoms with Crippen LogP contribution >= 0.6 is 0 Å². The minimum absolute atomic E-state index is 0.992. The average molecular weight is 639 g/mol. The van der Waals surface area contributed by atoms with Crippen LogP contribution < -0.4 is 0 Å². The molecule has 0 aromatic heterocycles. The van der Waals surface area contributed by atoms with E-state index in [9.17, 15) is 0 Å². The molecule has 44 heavy (non-hydrogen) atoms. The van der Waals surface area contributed by atoms with Crippen LogP contribution in [-0.4, -0.2) is 3.21 Å². The Morgan fingerprint density at radius 3 is 1.68 bits per heavy atom. The summed E-state index contributed by atoms with van der Waals surface area (Å²) in [6.07, 6.45) is 7.70. The van der Waals surface area contributed by atoms with E-state index in [1.807, 2.05) is 0 Å². The van der Waals surface area contributed by atoms with Crippen molar-refractivity contribution >= 4 is 30.3 Å². The van der Waals surface area contributed by atoms with Gasteiger partial charge >= 0.3 is 99.2 Å². The number of rotatable bonds is 5. The van der Waals surface area contributed by atoms with Crippen molar-refractivity contribution in [1.29, 1.82) is 0 Å². The molecule has 208 valence electrons. The van der Waals surface area contributed by atoms with Crippen LogP contribution in [0.5, 0.6) is 0 Å². The van der Waals surface area contributed by atoms with Gasteiger partial charge in [-0.2, -0.15) is 0 Å². The molecule has 0 nitrogen and oxygen atoms in total. The molecular weight excluding hydrogens is 608 g/mol. The van der Waals surface area contributed by atoms with E-state index in [2.05, 4.69) is 176 Å². The molecule has 1 aliphatic rings. The molecule has 0 saturated carbocycles. The Morgan fingerprint density at radius 2 is 1.11 bits per heavy atom. The molecule has 0 aliphatic heterocycles. The summed E-state index contributed by atoms with van der Waals surface area (Å²) in [5.41, 5.74) is 10.6. The Kier molecular flexibility index (Phi) is 8.31. The zero-order valence-electron chi connectivity index (χ0n) is 24.5. The second-order valence-corrected chi connectivity index (χ2v) is 12.3. The number of hydrogen-bond acceptors (Lipinski definition) is 0. The van der Waals surface area contributed by atoms with E-state index >= 15 is 0 Å². The van der Waals surface area contributed by atoms with Gasteiger partial charge < -0.3 is 0 Å². The summed E-state index contributed by atoms with van der Waals surface area (Å²) < 4.78 is 1.42. The Bertz CT molecular complexity index is 2070. The van der Waals surface area contributed by atoms with Gasteiger partial charge in [-0.1, -0.05) is 120 Å². The van der Waals surface area contributed by atoms with Crippen molar-refractivity contribution in [2.45, 2.75) is 6.42 Å². The zero-order chi connectivity index (χ0) is 29.7. The van der Waals surface area contributed by atoms with Crippen molar-refractivity contribution in [1.82, 2.24) is 0 Å². The molecule has 0 spiro atoms. The third-order valence-electron chi connectivity index (χ3n) is 8.30. The normalized spacial score (nSPS) is 12.1. The van der Waals surface area contributed by atoms with E-state index in [1.165, 1.54) is 93.5 Å². The number of hydrogen-bond donors (Lipinski definition) is 0. The van der Waals surface area contributed by atoms with E-state index in [-0.39, 0.29) is 0 Å². The third kappa shape index (κ3) is 5.69. The molecule has 1 aliphatic carbocycles. The first kappa shape index (κ1) is 28.2. The average Bonchev–Trinajstić information content (AvgIpc) is 3.78. The van der Waals surface area contributed by atoms with Crippen LogP contribution in [0.1, 0.15) is 23.1 Å². The van der Waals surface area contributed by atoms with Gasteiger partial charge in [0.15, 0.2) is 0 Å². The fraction of sp³-hybridized carbons (Fsp3) is 0.0233. The molecular formula is C43H31Zr-. The summed E-state index contributed by atoms with van der Waals surface area (Å²) in [4.78, 5) is 0. The second kappa shape index (κ2) is 13.0. The first-order valence-corrected chi connectivity index (χ1v) is 16.3. The fourth-order valence-corrected chi connectivity index (χ4v) is 7.02. The molecule has 8 rings (SSSR count). The summed E-state index contributed by atoms with van der Waals surface area (Å²) in [6, 6.07) is 56.3. The van der Waals surface area contributed by atoms with Crippen molar-refractivity contribution in [2.75, 3.05) is 0 Å². The van der Waals surface area contributed by atoms with E-state index in [0.29, 0.717) is 0 Å². The quantitative estimate of drug-likeness (QED) is 0.165. The van der Waals surface area contributed by atoms with Crippen molar-refractivity contribution < 1.29 is 24.2 Å². The van der Waals surface area contributed by atoms with Gasteiger partial charge in [0.05, 0.1) is 0 Å². The van der Waals surface area contributed by atoms with Crippen LogP contribution in [0.15, 0.2) is 176 Å². The van der Waals surface area contributed by atoms with E-state index in [4.69, 9.17) is 0 Å². The monoisotopic (exact) mass is 637 g/mol. The predicted molar refractivity (Wildman–Crippen MR) is 186 cm³/mol. The van der Waals surface area contributed by atoms with Crippen molar-refractivity contribution in [2.24, 2.45) is 0 Å². The Labute approximate surface area is 274 Å². The predicted octanol–water partition coefficient (Wildman–Crippen LogP) is 11.2. The van der Waals surface area contributed by atoms with Crippen LogP contribution in [0.25, 0.3) is 49.4 Å². The van der Waals surface area contributed by atoms with Crippen molar-refractivity contribution in [3.05, 3.63) is 193 Å². The number of fused-ring (bicyclic) bond motifs is 3. The molecule has 0 unspecified atom stereocenters. The van der Waals surface area contributed by atoms with E-state index in [1.54, 1.807) is 0 Å². The van der Waals surface area contributed by atoms with Gasteiger partial charge in [-0.25, -0.2) is 0 Å². The molecule has 0 radical (unpaired) electrons. The Morgan fingerprint density at radius 1 is 0.545 bits per heavy atom. The van der Waals surface area contributed by atoms with Crippen molar-refractivity contribution in [3.63, 3.8) is 0 Å². The molecule has 0 heterocycles. The standard InChI is InChI=1S/C30H21.C13H10.Zr/c1-3-10-21(11-4-1)25-17-9-16-24-20-28-27(30(24)25)19-18-26(22-12-5-2-6-13-22)29(28)23-14-7-8-15-23;1-3-7-12(8-4-1)11-13-9-5-2-6-10-13;/h1-14,16-20H,15H2;1-10H;/q-1;;. The van der Waals surface area contributed by atoms with Crippen LogP contribution in [0, 0.1) is 0 Å². The summed E-state index contributed by atoms with van der Waals surface area (Å²) in [5, 5.41) is 5.35. The third-order valence-corrected chi connectivity index (χ3v) is 9.72. The molecule has 0 saturated heterocycles. The van der Waals surface area contributed by atoms with Gasteiger partial charge in [0.25, 0.3) is 0 Å². The van der Waals surface area contributed by atoms with Gasteiger partial charge in [-0.15, -0.1) is 33.7 Å². The molecule has 0 atom stereocenters. The molecule has 0 N–H and O–H groups in total. The van der Waals surface area contributed by atoms with Gasteiger partial charge in [0, 0.05) is 0 Å². The Balaban J connectivity index is 0.000000187. The fourth-order valence-electron chi connectivity index (χ4n) is 6.21. The topological polar surface area (TPSA) is 0 Å². The second-order valence-electron chi connectivity index (χ2n) is 11.0. The maximum absolute atomic E-state index is 2.39. The van der Waals surface area contributed by atoms with Gasteiger partial charge in [0.1, 0.15) is 0 Å². The summed E-state index contributed by atoms with van der Waals surface area (Å²) in [6.45, 7) is 0. The molecule has 7 aromatic rings. The first-order valence-electron chi connectivity index (χ1n) is 15.1. The molecule has 0 bridgehead atoms. The van der Waals surface area contributed by atoms with Crippen LogP contribution in [0.4, 0.5) is 0 Å². The van der Waals surface area contributed by atoms with E-state index < -0.39 is 0 Å². The summed E-state index contributed by atoms with van der Waals surface area (Å²) >= 11 is 1.46. The molecule has 1 heteroatoms. The van der Waals surface area contributed by atoms with Crippen LogP contribution in [0.3, 0.4) is 0 Å². The number of benzene rings is 6. The Hall–Kier alpha value is -4.58. The van der Waals surface area contributed by atoms with E-state index in [0.717, 1.165) is 6.42 Å². The van der Waals surface area contributed by atoms with Gasteiger partial charge in [-0.3, -0.25) is 0 Å². The van der Waals surface area contributed by atoms with Crippen LogP contribution in [0.2, 0.25) is 0 Å². The summed E-state index contributed by atoms with van der Waals surface area (Å²) in [7, 11) is 0. The zero-order valence-corrected chi connectivity index (χ0v) is 26.9. The molecule has 7 aromatic carbocycles.